The monoisotopic (exact) mass is 435 g/mol. The molecule has 1 amide bonds. The predicted molar refractivity (Wildman–Crippen MR) is 107 cm³/mol. The number of alkyl carbamates (subject to hydrolysis) is 1. The molecule has 1 unspecified atom stereocenters. The molecule has 9 nitrogen and oxygen atoms in total. The summed E-state index contributed by atoms with van der Waals surface area (Å²) in [5.41, 5.74) is 1.30. The zero-order valence-electron chi connectivity index (χ0n) is 15.9. The lowest BCUT2D eigenvalue weighted by Gasteiger charge is -2.25. The van der Waals surface area contributed by atoms with Gasteiger partial charge in [-0.2, -0.15) is 0 Å². The van der Waals surface area contributed by atoms with E-state index in [1.165, 1.54) is 0 Å². The van der Waals surface area contributed by atoms with Gasteiger partial charge in [0.2, 0.25) is 7.37 Å². The number of nitrogens with one attached hydrogen (secondary N) is 1. The highest BCUT2D eigenvalue weighted by atomic mass is 31.2. The number of hydrogen-bond donors (Lipinski definition) is 4. The Labute approximate surface area is 172 Å². The van der Waals surface area contributed by atoms with Gasteiger partial charge in [-0.3, -0.25) is 14.2 Å². The maximum absolute atomic E-state index is 12.9. The number of benzene rings is 2. The Balaban J connectivity index is 2.16. The summed E-state index contributed by atoms with van der Waals surface area (Å²) in [5.74, 6) is -6.98. The molecule has 0 aromatic heterocycles. The highest BCUT2D eigenvalue weighted by Gasteiger charge is 2.40. The van der Waals surface area contributed by atoms with Gasteiger partial charge in [-0.1, -0.05) is 60.7 Å². The second kappa shape index (κ2) is 10.6. The van der Waals surface area contributed by atoms with Crippen molar-refractivity contribution in [3.8, 4) is 0 Å². The van der Waals surface area contributed by atoms with E-state index >= 15 is 0 Å². The first-order chi connectivity index (χ1) is 14.2. The van der Waals surface area contributed by atoms with Crippen LogP contribution in [-0.4, -0.2) is 45.1 Å². The highest BCUT2D eigenvalue weighted by Crippen LogP contribution is 2.48. The number of aliphatic carboxylic acids is 2. The van der Waals surface area contributed by atoms with Crippen LogP contribution in [0.3, 0.4) is 0 Å². The van der Waals surface area contributed by atoms with Crippen molar-refractivity contribution in [3.63, 3.8) is 0 Å². The van der Waals surface area contributed by atoms with Gasteiger partial charge in [0.05, 0.1) is 6.16 Å². The number of amides is 1. The minimum absolute atomic E-state index is 0.0761. The normalized spacial score (nSPS) is 13.8. The molecule has 0 aliphatic heterocycles. The van der Waals surface area contributed by atoms with Gasteiger partial charge in [0.25, 0.3) is 0 Å². The molecular weight excluding hydrogens is 413 g/mol. The summed E-state index contributed by atoms with van der Waals surface area (Å²) in [7, 11) is -4.46. The van der Waals surface area contributed by atoms with Crippen LogP contribution in [0.15, 0.2) is 60.7 Å². The predicted octanol–water partition coefficient (Wildman–Crippen LogP) is 2.54. The van der Waals surface area contributed by atoms with Crippen LogP contribution in [-0.2, 0) is 31.9 Å². The molecule has 0 aliphatic carbocycles. The van der Waals surface area contributed by atoms with Crippen LogP contribution in [0.2, 0.25) is 0 Å². The summed E-state index contributed by atoms with van der Waals surface area (Å²) in [4.78, 5) is 45.0. The minimum atomic E-state index is -4.46. The fourth-order valence-electron chi connectivity index (χ4n) is 2.68. The van der Waals surface area contributed by atoms with Crippen molar-refractivity contribution in [1.29, 1.82) is 0 Å². The average Bonchev–Trinajstić information content (AvgIpc) is 2.71. The molecule has 0 saturated carbocycles. The lowest BCUT2D eigenvalue weighted by molar-refractivity contribution is -0.153. The number of rotatable bonds is 10. The SMILES string of the molecule is O=C(N[C@H](Cc1ccccc1)P(=O)(O)CC(C(=O)O)C(=O)O)OCc1ccccc1. The van der Waals surface area contributed by atoms with E-state index in [1.807, 2.05) is 0 Å². The van der Waals surface area contributed by atoms with E-state index in [-0.39, 0.29) is 13.0 Å². The van der Waals surface area contributed by atoms with Gasteiger partial charge in [0.15, 0.2) is 5.92 Å². The number of carboxylic acids is 2. The van der Waals surface area contributed by atoms with Crippen LogP contribution in [0.4, 0.5) is 4.79 Å². The maximum atomic E-state index is 12.9. The van der Waals surface area contributed by atoms with Gasteiger partial charge in [0.1, 0.15) is 12.4 Å². The molecule has 30 heavy (non-hydrogen) atoms. The lowest BCUT2D eigenvalue weighted by atomic mass is 10.1. The molecule has 2 atom stereocenters. The van der Waals surface area contributed by atoms with Crippen molar-refractivity contribution in [2.45, 2.75) is 18.8 Å². The molecule has 2 aromatic rings. The molecule has 10 heteroatoms. The first-order valence-corrected chi connectivity index (χ1v) is 10.9. The third kappa shape index (κ3) is 7.02. The molecule has 4 N–H and O–H groups in total. The van der Waals surface area contributed by atoms with Crippen molar-refractivity contribution in [2.24, 2.45) is 5.92 Å². The number of hydrogen-bond acceptors (Lipinski definition) is 5. The molecule has 0 radical (unpaired) electrons. The summed E-state index contributed by atoms with van der Waals surface area (Å²) in [6.07, 6.45) is -2.12. The Kier molecular flexibility index (Phi) is 8.15. The van der Waals surface area contributed by atoms with E-state index in [2.05, 4.69) is 5.32 Å². The van der Waals surface area contributed by atoms with E-state index in [1.54, 1.807) is 60.7 Å². The smallest absolute Gasteiger partial charge is 0.408 e. The Bertz CT molecular complexity index is 905. The largest absolute Gasteiger partial charge is 0.481 e. The van der Waals surface area contributed by atoms with E-state index in [9.17, 15) is 23.8 Å². The van der Waals surface area contributed by atoms with Gasteiger partial charge < -0.3 is 25.2 Å². The minimum Gasteiger partial charge on any atom is -0.481 e. The molecule has 0 bridgehead atoms. The van der Waals surface area contributed by atoms with Crippen LogP contribution in [0.1, 0.15) is 11.1 Å². The van der Waals surface area contributed by atoms with Crippen LogP contribution in [0.25, 0.3) is 0 Å². The van der Waals surface area contributed by atoms with Gasteiger partial charge in [0, 0.05) is 6.42 Å². The average molecular weight is 435 g/mol. The number of carbonyl (C=O) groups excluding carboxylic acids is 1. The zero-order valence-corrected chi connectivity index (χ0v) is 16.8. The van der Waals surface area contributed by atoms with Gasteiger partial charge in [-0.05, 0) is 11.1 Å². The highest BCUT2D eigenvalue weighted by molar-refractivity contribution is 7.58. The summed E-state index contributed by atoms with van der Waals surface area (Å²) >= 11 is 0. The molecular formula is C20H22NO8P. The van der Waals surface area contributed by atoms with Crippen LogP contribution < -0.4 is 5.32 Å². The topological polar surface area (TPSA) is 150 Å². The van der Waals surface area contributed by atoms with Gasteiger partial charge >= 0.3 is 18.0 Å². The van der Waals surface area contributed by atoms with E-state index in [4.69, 9.17) is 14.9 Å². The van der Waals surface area contributed by atoms with Crippen molar-refractivity contribution in [2.75, 3.05) is 6.16 Å². The Morgan fingerprint density at radius 3 is 1.90 bits per heavy atom. The van der Waals surface area contributed by atoms with E-state index in [0.717, 1.165) is 0 Å². The summed E-state index contributed by atoms with van der Waals surface area (Å²) in [6, 6.07) is 17.2. The number of carbonyl (C=O) groups is 3. The van der Waals surface area contributed by atoms with Crippen molar-refractivity contribution < 1.29 is 38.8 Å². The van der Waals surface area contributed by atoms with Crippen LogP contribution in [0.5, 0.6) is 0 Å². The van der Waals surface area contributed by atoms with Crippen LogP contribution >= 0.6 is 7.37 Å². The first kappa shape index (κ1) is 23.1. The standard InChI is InChI=1S/C20H22NO8P/c22-18(23)16(19(24)25)13-30(27,28)17(11-14-7-3-1-4-8-14)21-20(26)29-12-15-9-5-2-6-10-15/h1-10,16-17H,11-13H2,(H,21,26)(H,22,23)(H,24,25)(H,27,28)/t17-/m0/s1. The Morgan fingerprint density at radius 1 is 0.900 bits per heavy atom. The number of ether oxygens (including phenoxy) is 1. The molecule has 0 spiro atoms. The van der Waals surface area contributed by atoms with E-state index < -0.39 is 43.3 Å². The quantitative estimate of drug-likeness (QED) is 0.328. The molecule has 160 valence electrons. The summed E-state index contributed by atoms with van der Waals surface area (Å²) in [5, 5.41) is 20.4. The maximum Gasteiger partial charge on any atom is 0.408 e. The van der Waals surface area contributed by atoms with Gasteiger partial charge in [-0.15, -0.1) is 0 Å². The van der Waals surface area contributed by atoms with Crippen molar-refractivity contribution in [3.05, 3.63) is 71.8 Å². The molecule has 0 aliphatic rings. The van der Waals surface area contributed by atoms with Crippen molar-refractivity contribution >= 4 is 25.4 Å². The van der Waals surface area contributed by atoms with Crippen molar-refractivity contribution in [1.82, 2.24) is 5.32 Å². The molecule has 0 heterocycles. The fourth-order valence-corrected chi connectivity index (χ4v) is 4.58. The number of carboxylic acid groups (broad SMARTS) is 2. The van der Waals surface area contributed by atoms with Gasteiger partial charge in [-0.25, -0.2) is 4.79 Å². The zero-order chi connectivity index (χ0) is 22.1. The Morgan fingerprint density at radius 2 is 1.40 bits per heavy atom. The Hall–Kier alpha value is -3.16. The van der Waals surface area contributed by atoms with Crippen LogP contribution in [0, 0.1) is 5.92 Å². The third-order valence-electron chi connectivity index (χ3n) is 4.30. The lowest BCUT2D eigenvalue weighted by Crippen LogP contribution is -2.39. The fraction of sp³-hybridized carbons (Fsp3) is 0.250. The summed E-state index contributed by atoms with van der Waals surface area (Å²) in [6.45, 7) is -0.0761. The third-order valence-corrected chi connectivity index (χ3v) is 6.47. The second-order valence-electron chi connectivity index (χ2n) is 6.58. The van der Waals surface area contributed by atoms with E-state index in [0.29, 0.717) is 11.1 Å². The molecule has 2 aromatic carbocycles. The molecule has 0 saturated heterocycles. The second-order valence-corrected chi connectivity index (χ2v) is 9.08. The molecule has 0 fully saturated rings. The summed E-state index contributed by atoms with van der Waals surface area (Å²) < 4.78 is 18.0. The first-order valence-electron chi connectivity index (χ1n) is 8.97. The molecule has 2 rings (SSSR count).